The predicted molar refractivity (Wildman–Crippen MR) is 76.7 cm³/mol. The number of hydrogen-bond donors (Lipinski definition) is 0. The summed E-state index contributed by atoms with van der Waals surface area (Å²) in [6.45, 7) is 1.84. The van der Waals surface area contributed by atoms with Crippen LogP contribution < -0.4 is 9.47 Å². The Labute approximate surface area is 121 Å². The molecule has 0 aliphatic carbocycles. The topological polar surface area (TPSA) is 57.7 Å². The lowest BCUT2D eigenvalue weighted by atomic mass is 10.1. The summed E-state index contributed by atoms with van der Waals surface area (Å²) < 4.78 is 15.5. The van der Waals surface area contributed by atoms with Crippen LogP contribution in [0.25, 0.3) is 10.4 Å². The standard InChI is InChI=1S/C14H15NO4S/c1-8-15-11(14(16)19-4)13(20-8)9-6-5-7-10(17-2)12(9)18-3/h5-7H,1-4H3. The number of ether oxygens (including phenoxy) is 3. The van der Waals surface area contributed by atoms with E-state index in [0.717, 1.165) is 10.6 Å². The van der Waals surface area contributed by atoms with Gasteiger partial charge in [0, 0.05) is 5.56 Å². The molecule has 2 aromatic rings. The second-order valence-corrected chi connectivity index (χ2v) is 5.15. The van der Waals surface area contributed by atoms with Crippen molar-refractivity contribution in [1.29, 1.82) is 0 Å². The van der Waals surface area contributed by atoms with Crippen molar-refractivity contribution < 1.29 is 19.0 Å². The fourth-order valence-corrected chi connectivity index (χ4v) is 2.84. The molecule has 6 heteroatoms. The van der Waals surface area contributed by atoms with Crippen molar-refractivity contribution in [3.63, 3.8) is 0 Å². The molecule has 0 atom stereocenters. The van der Waals surface area contributed by atoms with E-state index >= 15 is 0 Å². The van der Waals surface area contributed by atoms with Gasteiger partial charge in [-0.25, -0.2) is 9.78 Å². The number of carbonyl (C=O) groups excluding carboxylic acids is 1. The second kappa shape index (κ2) is 5.92. The maximum atomic E-state index is 11.8. The molecule has 0 N–H and O–H groups in total. The van der Waals surface area contributed by atoms with Crippen LogP contribution in [0.3, 0.4) is 0 Å². The van der Waals surface area contributed by atoms with Crippen LogP contribution >= 0.6 is 11.3 Å². The molecule has 0 aliphatic rings. The third-order valence-electron chi connectivity index (χ3n) is 2.76. The molecule has 0 saturated heterocycles. The third-order valence-corrected chi connectivity index (χ3v) is 3.76. The maximum absolute atomic E-state index is 11.8. The predicted octanol–water partition coefficient (Wildman–Crippen LogP) is 2.92. The van der Waals surface area contributed by atoms with Gasteiger partial charge in [0.05, 0.1) is 31.2 Å². The zero-order valence-electron chi connectivity index (χ0n) is 11.7. The summed E-state index contributed by atoms with van der Waals surface area (Å²) in [7, 11) is 4.47. The summed E-state index contributed by atoms with van der Waals surface area (Å²) in [4.78, 5) is 16.8. The molecule has 106 valence electrons. The molecule has 0 amide bonds. The van der Waals surface area contributed by atoms with Crippen molar-refractivity contribution in [2.24, 2.45) is 0 Å². The largest absolute Gasteiger partial charge is 0.493 e. The fraction of sp³-hybridized carbons (Fsp3) is 0.286. The number of rotatable bonds is 4. The van der Waals surface area contributed by atoms with E-state index in [1.807, 2.05) is 19.1 Å². The van der Waals surface area contributed by atoms with Gasteiger partial charge in [0.15, 0.2) is 17.2 Å². The minimum absolute atomic E-state index is 0.293. The number of para-hydroxylation sites is 1. The van der Waals surface area contributed by atoms with Gasteiger partial charge in [-0.05, 0) is 19.1 Å². The second-order valence-electron chi connectivity index (χ2n) is 3.94. The van der Waals surface area contributed by atoms with Gasteiger partial charge in [-0.2, -0.15) is 0 Å². The maximum Gasteiger partial charge on any atom is 0.358 e. The zero-order chi connectivity index (χ0) is 14.7. The van der Waals surface area contributed by atoms with Gasteiger partial charge in [-0.1, -0.05) is 6.07 Å². The summed E-state index contributed by atoms with van der Waals surface area (Å²) in [6.07, 6.45) is 0. The Hall–Kier alpha value is -2.08. The van der Waals surface area contributed by atoms with Crippen LogP contribution in [0, 0.1) is 6.92 Å². The zero-order valence-corrected chi connectivity index (χ0v) is 12.5. The van der Waals surface area contributed by atoms with Crippen molar-refractivity contribution >= 4 is 17.3 Å². The number of methoxy groups -OCH3 is 3. The van der Waals surface area contributed by atoms with Crippen LogP contribution in [0.15, 0.2) is 18.2 Å². The number of benzene rings is 1. The smallest absolute Gasteiger partial charge is 0.358 e. The average Bonchev–Trinajstić information content (AvgIpc) is 2.87. The first kappa shape index (κ1) is 14.3. The number of aryl methyl sites for hydroxylation is 1. The Morgan fingerprint density at radius 2 is 1.95 bits per heavy atom. The molecule has 0 saturated carbocycles. The molecule has 5 nitrogen and oxygen atoms in total. The van der Waals surface area contributed by atoms with Crippen LogP contribution in [0.5, 0.6) is 11.5 Å². The van der Waals surface area contributed by atoms with Crippen LogP contribution in [0.2, 0.25) is 0 Å². The average molecular weight is 293 g/mol. The Kier molecular flexibility index (Phi) is 4.24. The van der Waals surface area contributed by atoms with Crippen molar-refractivity contribution in [3.05, 3.63) is 28.9 Å². The molecular formula is C14H15NO4S. The lowest BCUT2D eigenvalue weighted by Crippen LogP contribution is -2.04. The Bertz CT molecular complexity index is 636. The molecule has 0 aliphatic heterocycles. The van der Waals surface area contributed by atoms with Gasteiger partial charge in [0.25, 0.3) is 0 Å². The summed E-state index contributed by atoms with van der Waals surface area (Å²) in [5, 5.41) is 0.783. The third kappa shape index (κ3) is 2.46. The van der Waals surface area contributed by atoms with Gasteiger partial charge < -0.3 is 14.2 Å². The molecule has 1 aromatic heterocycles. The Morgan fingerprint density at radius 3 is 2.55 bits per heavy atom. The first-order chi connectivity index (χ1) is 9.62. The first-order valence-corrected chi connectivity index (χ1v) is 6.71. The summed E-state index contributed by atoms with van der Waals surface area (Å²) >= 11 is 1.41. The minimum Gasteiger partial charge on any atom is -0.493 e. The molecule has 0 spiro atoms. The fourth-order valence-electron chi connectivity index (χ4n) is 1.91. The number of esters is 1. The molecule has 0 bridgehead atoms. The van der Waals surface area contributed by atoms with Gasteiger partial charge in [-0.15, -0.1) is 11.3 Å². The number of carbonyl (C=O) groups is 1. The van der Waals surface area contributed by atoms with E-state index in [2.05, 4.69) is 4.98 Å². The van der Waals surface area contributed by atoms with E-state index in [-0.39, 0.29) is 0 Å². The summed E-state index contributed by atoms with van der Waals surface area (Å²) in [6, 6.07) is 5.50. The van der Waals surface area contributed by atoms with Gasteiger partial charge in [-0.3, -0.25) is 0 Å². The molecule has 0 unspecified atom stereocenters. The van der Waals surface area contributed by atoms with Crippen molar-refractivity contribution in [1.82, 2.24) is 4.98 Å². The van der Waals surface area contributed by atoms with E-state index in [1.165, 1.54) is 18.4 Å². The quantitative estimate of drug-likeness (QED) is 0.811. The van der Waals surface area contributed by atoms with Crippen molar-refractivity contribution in [2.75, 3.05) is 21.3 Å². The molecular weight excluding hydrogens is 278 g/mol. The SMILES string of the molecule is COC(=O)c1nc(C)sc1-c1cccc(OC)c1OC. The lowest BCUT2D eigenvalue weighted by Gasteiger charge is -2.11. The molecule has 1 aromatic carbocycles. The van der Waals surface area contributed by atoms with E-state index in [0.29, 0.717) is 22.1 Å². The Morgan fingerprint density at radius 1 is 1.20 bits per heavy atom. The highest BCUT2D eigenvalue weighted by molar-refractivity contribution is 7.15. The van der Waals surface area contributed by atoms with Crippen molar-refractivity contribution in [2.45, 2.75) is 6.92 Å². The highest BCUT2D eigenvalue weighted by Crippen LogP contribution is 2.41. The Balaban J connectivity index is 2.65. The lowest BCUT2D eigenvalue weighted by molar-refractivity contribution is 0.0595. The number of aromatic nitrogens is 1. The van der Waals surface area contributed by atoms with Crippen LogP contribution in [0.1, 0.15) is 15.5 Å². The van der Waals surface area contributed by atoms with Crippen LogP contribution in [-0.4, -0.2) is 32.3 Å². The van der Waals surface area contributed by atoms with Crippen LogP contribution in [0.4, 0.5) is 0 Å². The molecule has 0 radical (unpaired) electrons. The summed E-state index contributed by atoms with van der Waals surface area (Å²) in [5.74, 6) is 0.713. The molecule has 0 fully saturated rings. The van der Waals surface area contributed by atoms with Gasteiger partial charge in [0.2, 0.25) is 0 Å². The summed E-state index contributed by atoms with van der Waals surface area (Å²) in [5.41, 5.74) is 1.06. The molecule has 2 rings (SSSR count). The number of hydrogen-bond acceptors (Lipinski definition) is 6. The van der Waals surface area contributed by atoms with Crippen LogP contribution in [-0.2, 0) is 4.74 Å². The van der Waals surface area contributed by atoms with Gasteiger partial charge in [0.1, 0.15) is 0 Å². The van der Waals surface area contributed by atoms with E-state index < -0.39 is 5.97 Å². The minimum atomic E-state index is -0.464. The van der Waals surface area contributed by atoms with Gasteiger partial charge >= 0.3 is 5.97 Å². The van der Waals surface area contributed by atoms with E-state index in [9.17, 15) is 4.79 Å². The number of thiazole rings is 1. The van der Waals surface area contributed by atoms with E-state index in [1.54, 1.807) is 20.3 Å². The highest BCUT2D eigenvalue weighted by atomic mass is 32.1. The molecule has 20 heavy (non-hydrogen) atoms. The van der Waals surface area contributed by atoms with E-state index in [4.69, 9.17) is 14.2 Å². The first-order valence-electron chi connectivity index (χ1n) is 5.89. The molecule has 1 heterocycles. The number of nitrogens with zero attached hydrogens (tertiary/aromatic N) is 1. The highest BCUT2D eigenvalue weighted by Gasteiger charge is 2.22. The van der Waals surface area contributed by atoms with Crippen molar-refractivity contribution in [3.8, 4) is 21.9 Å². The normalized spacial score (nSPS) is 10.2. The monoisotopic (exact) mass is 293 g/mol.